The van der Waals surface area contributed by atoms with E-state index >= 15 is 0 Å². The minimum atomic E-state index is -1.11. The first-order chi connectivity index (χ1) is 8.02. The Morgan fingerprint density at radius 2 is 2.18 bits per heavy atom. The SMILES string of the molecule is NC(=O)CCCNc1nccc(C(=O)O)c1N. The molecule has 0 radical (unpaired) electrons. The number of anilines is 2. The third kappa shape index (κ3) is 3.63. The Balaban J connectivity index is 2.62. The molecule has 0 fully saturated rings. The maximum Gasteiger partial charge on any atom is 0.337 e. The second kappa shape index (κ2) is 5.69. The molecule has 0 unspecified atom stereocenters. The van der Waals surface area contributed by atoms with E-state index in [2.05, 4.69) is 10.3 Å². The molecule has 0 spiro atoms. The van der Waals surface area contributed by atoms with Crippen LogP contribution in [0.15, 0.2) is 12.3 Å². The van der Waals surface area contributed by atoms with Gasteiger partial charge in [0.1, 0.15) is 5.82 Å². The first kappa shape index (κ1) is 12.8. The van der Waals surface area contributed by atoms with Crippen LogP contribution in [0, 0.1) is 0 Å². The van der Waals surface area contributed by atoms with Crippen molar-refractivity contribution in [1.82, 2.24) is 4.98 Å². The van der Waals surface area contributed by atoms with E-state index in [0.717, 1.165) is 0 Å². The number of hydrogen-bond donors (Lipinski definition) is 4. The zero-order valence-electron chi connectivity index (χ0n) is 9.14. The Bertz CT molecular complexity index is 434. The molecule has 1 aromatic rings. The van der Waals surface area contributed by atoms with Crippen molar-refractivity contribution in [3.63, 3.8) is 0 Å². The molecule has 1 heterocycles. The predicted molar refractivity (Wildman–Crippen MR) is 62.5 cm³/mol. The van der Waals surface area contributed by atoms with E-state index in [1.165, 1.54) is 12.3 Å². The molecular weight excluding hydrogens is 224 g/mol. The lowest BCUT2D eigenvalue weighted by molar-refractivity contribution is -0.118. The van der Waals surface area contributed by atoms with Crippen molar-refractivity contribution in [2.75, 3.05) is 17.6 Å². The molecule has 0 aromatic carbocycles. The highest BCUT2D eigenvalue weighted by Gasteiger charge is 2.11. The van der Waals surface area contributed by atoms with Crippen LogP contribution in [0.5, 0.6) is 0 Å². The molecule has 0 aliphatic rings. The molecule has 0 atom stereocenters. The van der Waals surface area contributed by atoms with E-state index in [1.807, 2.05) is 0 Å². The number of hydrogen-bond acceptors (Lipinski definition) is 5. The number of nitrogens with one attached hydrogen (secondary N) is 1. The van der Waals surface area contributed by atoms with E-state index in [4.69, 9.17) is 16.6 Å². The summed E-state index contributed by atoms with van der Waals surface area (Å²) < 4.78 is 0. The summed E-state index contributed by atoms with van der Waals surface area (Å²) >= 11 is 0. The molecular formula is C10H14N4O3. The first-order valence-electron chi connectivity index (χ1n) is 5.02. The van der Waals surface area contributed by atoms with E-state index in [9.17, 15) is 9.59 Å². The van der Waals surface area contributed by atoms with Gasteiger partial charge in [0.05, 0.1) is 11.3 Å². The molecule has 92 valence electrons. The van der Waals surface area contributed by atoms with Gasteiger partial charge < -0.3 is 21.9 Å². The number of aromatic carboxylic acids is 1. The number of primary amides is 1. The van der Waals surface area contributed by atoms with Gasteiger partial charge in [0.2, 0.25) is 5.91 Å². The van der Waals surface area contributed by atoms with Crippen LogP contribution in [-0.2, 0) is 4.79 Å². The first-order valence-corrected chi connectivity index (χ1v) is 5.02. The molecule has 0 saturated heterocycles. The molecule has 17 heavy (non-hydrogen) atoms. The Morgan fingerprint density at radius 3 is 2.76 bits per heavy atom. The van der Waals surface area contributed by atoms with Gasteiger partial charge in [0.25, 0.3) is 0 Å². The van der Waals surface area contributed by atoms with Gasteiger partial charge in [-0.2, -0.15) is 0 Å². The Kier molecular flexibility index (Phi) is 4.27. The number of carbonyl (C=O) groups is 2. The fraction of sp³-hybridized carbons (Fsp3) is 0.300. The highest BCUT2D eigenvalue weighted by Crippen LogP contribution is 2.19. The Hall–Kier alpha value is -2.31. The molecule has 1 aromatic heterocycles. The fourth-order valence-corrected chi connectivity index (χ4v) is 1.27. The fourth-order valence-electron chi connectivity index (χ4n) is 1.27. The van der Waals surface area contributed by atoms with Crippen LogP contribution in [0.4, 0.5) is 11.5 Å². The number of aromatic nitrogens is 1. The van der Waals surface area contributed by atoms with E-state index in [0.29, 0.717) is 18.8 Å². The monoisotopic (exact) mass is 238 g/mol. The maximum absolute atomic E-state index is 10.8. The number of rotatable bonds is 6. The number of carboxylic acids is 1. The van der Waals surface area contributed by atoms with Crippen LogP contribution in [0.2, 0.25) is 0 Å². The highest BCUT2D eigenvalue weighted by atomic mass is 16.4. The van der Waals surface area contributed by atoms with Gasteiger partial charge in [-0.15, -0.1) is 0 Å². The van der Waals surface area contributed by atoms with Crippen LogP contribution in [0.1, 0.15) is 23.2 Å². The van der Waals surface area contributed by atoms with Gasteiger partial charge in [-0.25, -0.2) is 9.78 Å². The molecule has 7 nitrogen and oxygen atoms in total. The number of nitrogens with zero attached hydrogens (tertiary/aromatic N) is 1. The van der Waals surface area contributed by atoms with Crippen molar-refractivity contribution < 1.29 is 14.7 Å². The van der Waals surface area contributed by atoms with E-state index in [1.54, 1.807) is 0 Å². The summed E-state index contributed by atoms with van der Waals surface area (Å²) in [5, 5.41) is 11.7. The topological polar surface area (TPSA) is 131 Å². The lowest BCUT2D eigenvalue weighted by Gasteiger charge is -2.09. The quantitative estimate of drug-likeness (QED) is 0.517. The summed E-state index contributed by atoms with van der Waals surface area (Å²) in [6, 6.07) is 1.33. The van der Waals surface area contributed by atoms with Gasteiger partial charge in [-0.3, -0.25) is 4.79 Å². The van der Waals surface area contributed by atoms with E-state index < -0.39 is 5.97 Å². The molecule has 0 saturated carbocycles. The number of carboxylic acid groups (broad SMARTS) is 1. The maximum atomic E-state index is 10.8. The van der Waals surface area contributed by atoms with Crippen molar-refractivity contribution in [3.8, 4) is 0 Å². The molecule has 0 aliphatic heterocycles. The van der Waals surface area contributed by atoms with Crippen LogP contribution >= 0.6 is 0 Å². The zero-order chi connectivity index (χ0) is 12.8. The van der Waals surface area contributed by atoms with Crippen molar-refractivity contribution in [2.24, 2.45) is 5.73 Å². The lowest BCUT2D eigenvalue weighted by Crippen LogP contribution is -2.14. The van der Waals surface area contributed by atoms with Crippen LogP contribution < -0.4 is 16.8 Å². The average molecular weight is 238 g/mol. The lowest BCUT2D eigenvalue weighted by atomic mass is 10.2. The minimum Gasteiger partial charge on any atom is -0.478 e. The second-order valence-corrected chi connectivity index (χ2v) is 3.42. The van der Waals surface area contributed by atoms with Crippen molar-refractivity contribution in [2.45, 2.75) is 12.8 Å². The second-order valence-electron chi connectivity index (χ2n) is 3.42. The molecule has 1 rings (SSSR count). The smallest absolute Gasteiger partial charge is 0.337 e. The molecule has 6 N–H and O–H groups in total. The largest absolute Gasteiger partial charge is 0.478 e. The summed E-state index contributed by atoms with van der Waals surface area (Å²) in [5.74, 6) is -1.19. The molecule has 7 heteroatoms. The number of nitrogen functional groups attached to an aromatic ring is 1. The number of nitrogens with two attached hydrogens (primary N) is 2. The van der Waals surface area contributed by atoms with Crippen molar-refractivity contribution >= 4 is 23.4 Å². The molecule has 0 aliphatic carbocycles. The molecule has 1 amide bonds. The third-order valence-electron chi connectivity index (χ3n) is 2.11. The van der Waals surface area contributed by atoms with Gasteiger partial charge in [0, 0.05) is 19.2 Å². The average Bonchev–Trinajstić information content (AvgIpc) is 2.25. The van der Waals surface area contributed by atoms with Crippen LogP contribution in [0.25, 0.3) is 0 Å². The van der Waals surface area contributed by atoms with Gasteiger partial charge in [0.15, 0.2) is 0 Å². The van der Waals surface area contributed by atoms with Crippen molar-refractivity contribution in [1.29, 1.82) is 0 Å². The number of carbonyl (C=O) groups excluding carboxylic acids is 1. The third-order valence-corrected chi connectivity index (χ3v) is 2.11. The minimum absolute atomic E-state index is 0.00241. The standard InChI is InChI=1S/C10H14N4O3/c11-7(15)2-1-4-13-9-8(12)6(10(16)17)3-5-14-9/h3,5H,1-2,4,12H2,(H2,11,15)(H,13,14)(H,16,17). The predicted octanol–water partition coefficient (Wildman–Crippen LogP) is 0.0394. The zero-order valence-corrected chi connectivity index (χ0v) is 9.14. The number of pyridine rings is 1. The normalized spacial score (nSPS) is 9.88. The summed E-state index contributed by atoms with van der Waals surface area (Å²) in [6.45, 7) is 0.448. The summed E-state index contributed by atoms with van der Waals surface area (Å²) in [4.78, 5) is 25.2. The highest BCUT2D eigenvalue weighted by molar-refractivity contribution is 5.96. The number of amides is 1. The summed E-state index contributed by atoms with van der Waals surface area (Å²) in [7, 11) is 0. The Morgan fingerprint density at radius 1 is 1.47 bits per heavy atom. The van der Waals surface area contributed by atoms with Crippen LogP contribution in [0.3, 0.4) is 0 Å². The summed E-state index contributed by atoms with van der Waals surface area (Å²) in [6.07, 6.45) is 2.15. The Labute approximate surface area is 97.8 Å². The van der Waals surface area contributed by atoms with Crippen molar-refractivity contribution in [3.05, 3.63) is 17.8 Å². The van der Waals surface area contributed by atoms with E-state index in [-0.39, 0.29) is 23.6 Å². The summed E-state index contributed by atoms with van der Waals surface area (Å²) in [5.41, 5.74) is 10.7. The van der Waals surface area contributed by atoms with Gasteiger partial charge in [-0.1, -0.05) is 0 Å². The van der Waals surface area contributed by atoms with Gasteiger partial charge in [-0.05, 0) is 12.5 Å². The van der Waals surface area contributed by atoms with Crippen LogP contribution in [-0.4, -0.2) is 28.5 Å². The molecule has 0 bridgehead atoms. The van der Waals surface area contributed by atoms with Gasteiger partial charge >= 0.3 is 5.97 Å².